The largest absolute Gasteiger partial charge is 0.298 e. The van der Waals surface area contributed by atoms with Crippen molar-refractivity contribution in [3.05, 3.63) is 87.4 Å². The van der Waals surface area contributed by atoms with Gasteiger partial charge in [0.15, 0.2) is 5.13 Å². The zero-order valence-corrected chi connectivity index (χ0v) is 18.4. The molecule has 9 nitrogen and oxygen atoms in total. The van der Waals surface area contributed by atoms with Gasteiger partial charge in [0.1, 0.15) is 0 Å². The summed E-state index contributed by atoms with van der Waals surface area (Å²) in [5.74, 6) is -0.508. The van der Waals surface area contributed by atoms with Gasteiger partial charge in [0.2, 0.25) is 0 Å². The van der Waals surface area contributed by atoms with Crippen LogP contribution in [-0.4, -0.2) is 24.2 Å². The lowest BCUT2D eigenvalue weighted by Crippen LogP contribution is -2.15. The molecule has 0 unspecified atom stereocenters. The predicted molar refractivity (Wildman–Crippen MR) is 123 cm³/mol. The standard InChI is InChI=1S/C20H13ClN4O5S2/c21-13-4-7-16(8-5-13)32(29,30)24-14-3-1-2-12(10-14)19(26)23-20-22-17-9-6-15(25(27)28)11-18(17)31-20/h1-11,24H,(H,22,23,26). The van der Waals surface area contributed by atoms with Crippen molar-refractivity contribution >= 4 is 65.6 Å². The second-order valence-electron chi connectivity index (χ2n) is 6.52. The molecule has 1 aromatic heterocycles. The average molecular weight is 489 g/mol. The maximum atomic E-state index is 12.6. The molecule has 0 radical (unpaired) electrons. The number of nitrogens with one attached hydrogen (secondary N) is 2. The maximum absolute atomic E-state index is 12.6. The Hall–Kier alpha value is -3.54. The molecule has 1 amide bonds. The third kappa shape index (κ3) is 4.69. The number of amides is 1. The van der Waals surface area contributed by atoms with Gasteiger partial charge in [-0.15, -0.1) is 0 Å². The van der Waals surface area contributed by atoms with Crippen LogP contribution in [0.3, 0.4) is 0 Å². The van der Waals surface area contributed by atoms with Gasteiger partial charge in [0.05, 0.1) is 20.0 Å². The van der Waals surface area contributed by atoms with E-state index in [0.717, 1.165) is 11.3 Å². The summed E-state index contributed by atoms with van der Waals surface area (Å²) in [5, 5.41) is 14.2. The minimum absolute atomic E-state index is 0.0281. The number of aromatic nitrogens is 1. The van der Waals surface area contributed by atoms with Crippen LogP contribution >= 0.6 is 22.9 Å². The van der Waals surface area contributed by atoms with Crippen molar-refractivity contribution in [2.75, 3.05) is 10.0 Å². The van der Waals surface area contributed by atoms with Crippen LogP contribution < -0.4 is 10.0 Å². The summed E-state index contributed by atoms with van der Waals surface area (Å²) >= 11 is 6.89. The Morgan fingerprint density at radius 1 is 1.06 bits per heavy atom. The predicted octanol–water partition coefficient (Wildman–Crippen LogP) is 4.91. The van der Waals surface area contributed by atoms with Gasteiger partial charge in [-0.05, 0) is 48.5 Å². The van der Waals surface area contributed by atoms with E-state index in [4.69, 9.17) is 11.6 Å². The number of benzene rings is 3. The molecular weight excluding hydrogens is 476 g/mol. The molecule has 0 aliphatic carbocycles. The Morgan fingerprint density at radius 2 is 1.81 bits per heavy atom. The van der Waals surface area contributed by atoms with Crippen LogP contribution in [0.25, 0.3) is 10.2 Å². The second kappa shape index (κ2) is 8.54. The first-order chi connectivity index (χ1) is 15.2. The Balaban J connectivity index is 1.53. The number of nitro groups is 1. The van der Waals surface area contributed by atoms with Crippen molar-refractivity contribution in [2.24, 2.45) is 0 Å². The van der Waals surface area contributed by atoms with E-state index in [2.05, 4.69) is 15.0 Å². The number of anilines is 2. The summed E-state index contributed by atoms with van der Waals surface area (Å²) in [7, 11) is -3.87. The first-order valence-electron chi connectivity index (χ1n) is 8.96. The number of rotatable bonds is 6. The number of halogens is 1. The molecular formula is C20H13ClN4O5S2. The highest BCUT2D eigenvalue weighted by molar-refractivity contribution is 7.92. The number of nitro benzene ring substituents is 1. The van der Waals surface area contributed by atoms with Crippen LogP contribution in [0, 0.1) is 10.1 Å². The van der Waals surface area contributed by atoms with E-state index >= 15 is 0 Å². The zero-order valence-electron chi connectivity index (χ0n) is 16.0. The fourth-order valence-electron chi connectivity index (χ4n) is 2.80. The summed E-state index contributed by atoms with van der Waals surface area (Å²) < 4.78 is 28.1. The minimum Gasteiger partial charge on any atom is -0.298 e. The normalized spacial score (nSPS) is 11.3. The van der Waals surface area contributed by atoms with Crippen LogP contribution in [0.5, 0.6) is 0 Å². The lowest BCUT2D eigenvalue weighted by atomic mass is 10.2. The van der Waals surface area contributed by atoms with E-state index in [0.29, 0.717) is 15.2 Å². The highest BCUT2D eigenvalue weighted by Gasteiger charge is 2.16. The van der Waals surface area contributed by atoms with Crippen molar-refractivity contribution in [2.45, 2.75) is 4.90 Å². The van der Waals surface area contributed by atoms with Crippen LogP contribution in [0.1, 0.15) is 10.4 Å². The van der Waals surface area contributed by atoms with Crippen molar-refractivity contribution in [3.8, 4) is 0 Å². The van der Waals surface area contributed by atoms with Crippen molar-refractivity contribution in [3.63, 3.8) is 0 Å². The molecule has 12 heteroatoms. The molecule has 0 aliphatic heterocycles. The van der Waals surface area contributed by atoms with Gasteiger partial charge in [-0.3, -0.25) is 24.9 Å². The molecule has 162 valence electrons. The van der Waals surface area contributed by atoms with Gasteiger partial charge >= 0.3 is 0 Å². The maximum Gasteiger partial charge on any atom is 0.270 e. The van der Waals surface area contributed by atoms with E-state index in [-0.39, 0.29) is 27.0 Å². The minimum atomic E-state index is -3.87. The number of sulfonamides is 1. The molecule has 0 bridgehead atoms. The number of carbonyl (C=O) groups excluding carboxylic acids is 1. The molecule has 0 fully saturated rings. The number of hydrogen-bond acceptors (Lipinski definition) is 7. The first kappa shape index (κ1) is 21.7. The van der Waals surface area contributed by atoms with Crippen molar-refractivity contribution in [1.82, 2.24) is 4.98 Å². The van der Waals surface area contributed by atoms with E-state index in [1.54, 1.807) is 0 Å². The molecule has 4 rings (SSSR count). The van der Waals surface area contributed by atoms with Crippen LogP contribution in [0.15, 0.2) is 71.6 Å². The molecule has 3 aromatic carbocycles. The zero-order chi connectivity index (χ0) is 22.9. The van der Waals surface area contributed by atoms with Crippen molar-refractivity contribution in [1.29, 1.82) is 0 Å². The molecule has 0 spiro atoms. The second-order valence-corrected chi connectivity index (χ2v) is 9.67. The van der Waals surface area contributed by atoms with Gasteiger partial charge in [-0.25, -0.2) is 13.4 Å². The fraction of sp³-hybridized carbons (Fsp3) is 0. The Kier molecular flexibility index (Phi) is 5.78. The SMILES string of the molecule is O=C(Nc1nc2ccc([N+](=O)[O-])cc2s1)c1cccc(NS(=O)(=O)c2ccc(Cl)cc2)c1. The van der Waals surface area contributed by atoms with Crippen LogP contribution in [0.2, 0.25) is 5.02 Å². The molecule has 0 atom stereocenters. The van der Waals surface area contributed by atoms with Crippen molar-refractivity contribution < 1.29 is 18.1 Å². The highest BCUT2D eigenvalue weighted by Crippen LogP contribution is 2.29. The number of hydrogen-bond donors (Lipinski definition) is 2. The quantitative estimate of drug-likeness (QED) is 0.293. The lowest BCUT2D eigenvalue weighted by Gasteiger charge is -2.09. The number of carbonyl (C=O) groups is 1. The Morgan fingerprint density at radius 3 is 2.53 bits per heavy atom. The average Bonchev–Trinajstić information content (AvgIpc) is 3.15. The van der Waals surface area contributed by atoms with E-state index in [9.17, 15) is 23.3 Å². The molecule has 4 aromatic rings. The fourth-order valence-corrected chi connectivity index (χ4v) is 4.87. The number of non-ortho nitro benzene ring substituents is 1. The topological polar surface area (TPSA) is 131 Å². The summed E-state index contributed by atoms with van der Waals surface area (Å²) in [6.45, 7) is 0. The lowest BCUT2D eigenvalue weighted by molar-refractivity contribution is -0.384. The smallest absolute Gasteiger partial charge is 0.270 e. The van der Waals surface area contributed by atoms with E-state index in [1.165, 1.54) is 66.7 Å². The molecule has 0 saturated heterocycles. The van der Waals surface area contributed by atoms with E-state index < -0.39 is 20.9 Å². The van der Waals surface area contributed by atoms with Gasteiger partial charge in [0, 0.05) is 28.4 Å². The summed E-state index contributed by atoms with van der Waals surface area (Å²) in [6, 6.07) is 15.9. The molecule has 0 saturated carbocycles. The Bertz CT molecular complexity index is 1450. The first-order valence-corrected chi connectivity index (χ1v) is 11.6. The number of thiazole rings is 1. The molecule has 0 aliphatic rings. The summed E-state index contributed by atoms with van der Waals surface area (Å²) in [4.78, 5) is 27.3. The van der Waals surface area contributed by atoms with Gasteiger partial charge in [-0.1, -0.05) is 29.0 Å². The Labute approximate surface area is 190 Å². The highest BCUT2D eigenvalue weighted by atomic mass is 35.5. The number of nitrogens with zero attached hydrogens (tertiary/aromatic N) is 2. The third-order valence-electron chi connectivity index (χ3n) is 4.30. The summed E-state index contributed by atoms with van der Waals surface area (Å²) in [5.41, 5.74) is 0.846. The summed E-state index contributed by atoms with van der Waals surface area (Å²) in [6.07, 6.45) is 0. The molecule has 2 N–H and O–H groups in total. The van der Waals surface area contributed by atoms with E-state index in [1.807, 2.05) is 0 Å². The third-order valence-corrected chi connectivity index (χ3v) is 6.89. The monoisotopic (exact) mass is 488 g/mol. The van der Waals surface area contributed by atoms with Gasteiger partial charge in [-0.2, -0.15) is 0 Å². The van der Waals surface area contributed by atoms with Crippen LogP contribution in [-0.2, 0) is 10.0 Å². The van der Waals surface area contributed by atoms with Gasteiger partial charge in [0.25, 0.3) is 21.6 Å². The van der Waals surface area contributed by atoms with Gasteiger partial charge < -0.3 is 0 Å². The number of fused-ring (bicyclic) bond motifs is 1. The van der Waals surface area contributed by atoms with Crippen LogP contribution in [0.4, 0.5) is 16.5 Å². The molecule has 32 heavy (non-hydrogen) atoms. The molecule has 1 heterocycles.